The van der Waals surface area contributed by atoms with Gasteiger partial charge < -0.3 is 10.1 Å². The number of hydrogen-bond donors (Lipinski definition) is 1. The molecule has 0 unspecified atom stereocenters. The number of para-hydroxylation sites is 2. The topological polar surface area (TPSA) is 21.3 Å². The number of nitrogens with one attached hydrogen (secondary N) is 1. The van der Waals surface area contributed by atoms with E-state index in [1.807, 2.05) is 6.07 Å². The molecule has 2 nitrogen and oxygen atoms in total. The van der Waals surface area contributed by atoms with E-state index in [1.165, 1.54) is 18.4 Å². The third kappa shape index (κ3) is 4.52. The van der Waals surface area contributed by atoms with Gasteiger partial charge in [0.05, 0.1) is 12.3 Å². The number of aryl methyl sites for hydroxylation is 1. The lowest BCUT2D eigenvalue weighted by Gasteiger charge is -2.13. The van der Waals surface area contributed by atoms with Gasteiger partial charge in [-0.25, -0.2) is 0 Å². The molecule has 0 spiro atoms. The molecular weight excluding hydrogens is 258 g/mol. The highest BCUT2D eigenvalue weighted by atomic mass is 16.5. The maximum Gasteiger partial charge on any atom is 0.142 e. The lowest BCUT2D eigenvalue weighted by molar-refractivity contribution is 0.312. The summed E-state index contributed by atoms with van der Waals surface area (Å²) in [5.41, 5.74) is 2.50. The number of benzene rings is 2. The highest BCUT2D eigenvalue weighted by Gasteiger charge is 2.20. The minimum absolute atomic E-state index is 0.761. The van der Waals surface area contributed by atoms with Crippen LogP contribution in [0.1, 0.15) is 24.8 Å². The van der Waals surface area contributed by atoms with Gasteiger partial charge in [0.15, 0.2) is 0 Å². The molecule has 0 saturated heterocycles. The summed E-state index contributed by atoms with van der Waals surface area (Å²) in [5, 5.41) is 3.51. The Labute approximate surface area is 127 Å². The van der Waals surface area contributed by atoms with E-state index < -0.39 is 0 Å². The van der Waals surface area contributed by atoms with Crippen molar-refractivity contribution in [3.8, 4) is 5.75 Å². The van der Waals surface area contributed by atoms with E-state index in [0.29, 0.717) is 0 Å². The van der Waals surface area contributed by atoms with Gasteiger partial charge in [0, 0.05) is 6.54 Å². The molecule has 1 aliphatic carbocycles. The fourth-order valence-corrected chi connectivity index (χ4v) is 2.42. The van der Waals surface area contributed by atoms with E-state index >= 15 is 0 Å². The first-order valence-corrected chi connectivity index (χ1v) is 7.91. The van der Waals surface area contributed by atoms with Gasteiger partial charge in [0.25, 0.3) is 0 Å². The lowest BCUT2D eigenvalue weighted by atomic mass is 10.1. The second-order valence-corrected chi connectivity index (χ2v) is 5.76. The van der Waals surface area contributed by atoms with Crippen molar-refractivity contribution in [3.05, 3.63) is 60.2 Å². The van der Waals surface area contributed by atoms with Crippen LogP contribution in [-0.4, -0.2) is 13.2 Å². The molecule has 1 saturated carbocycles. The van der Waals surface area contributed by atoms with Gasteiger partial charge in [-0.3, -0.25) is 0 Å². The van der Waals surface area contributed by atoms with E-state index in [4.69, 9.17) is 4.74 Å². The van der Waals surface area contributed by atoms with Crippen LogP contribution >= 0.6 is 0 Å². The van der Waals surface area contributed by atoms with Gasteiger partial charge in [-0.05, 0) is 49.3 Å². The van der Waals surface area contributed by atoms with E-state index in [9.17, 15) is 0 Å². The Balaban J connectivity index is 1.45. The molecule has 0 aromatic heterocycles. The van der Waals surface area contributed by atoms with Crippen LogP contribution in [0.3, 0.4) is 0 Å². The van der Waals surface area contributed by atoms with E-state index in [2.05, 4.69) is 53.8 Å². The number of hydrogen-bond acceptors (Lipinski definition) is 2. The minimum Gasteiger partial charge on any atom is -0.491 e. The highest BCUT2D eigenvalue weighted by molar-refractivity contribution is 5.56. The molecule has 1 N–H and O–H groups in total. The summed E-state index contributed by atoms with van der Waals surface area (Å²) in [4.78, 5) is 0. The van der Waals surface area contributed by atoms with Crippen LogP contribution < -0.4 is 10.1 Å². The molecule has 0 bridgehead atoms. The zero-order valence-corrected chi connectivity index (χ0v) is 12.4. The van der Waals surface area contributed by atoms with Gasteiger partial charge in [-0.1, -0.05) is 42.5 Å². The second-order valence-electron chi connectivity index (χ2n) is 5.76. The second kappa shape index (κ2) is 7.16. The Morgan fingerprint density at radius 3 is 2.52 bits per heavy atom. The smallest absolute Gasteiger partial charge is 0.142 e. The lowest BCUT2D eigenvalue weighted by Crippen LogP contribution is -2.06. The molecule has 21 heavy (non-hydrogen) atoms. The van der Waals surface area contributed by atoms with Gasteiger partial charge in [-0.15, -0.1) is 0 Å². The first kappa shape index (κ1) is 14.0. The van der Waals surface area contributed by atoms with Crippen LogP contribution in [0.5, 0.6) is 5.75 Å². The fraction of sp³-hybridized carbons (Fsp3) is 0.368. The Morgan fingerprint density at radius 1 is 0.952 bits per heavy atom. The third-order valence-electron chi connectivity index (χ3n) is 3.88. The molecule has 1 fully saturated rings. The van der Waals surface area contributed by atoms with Gasteiger partial charge in [-0.2, -0.15) is 0 Å². The molecule has 0 aliphatic heterocycles. The van der Waals surface area contributed by atoms with Crippen LogP contribution in [0.2, 0.25) is 0 Å². The van der Waals surface area contributed by atoms with E-state index in [0.717, 1.165) is 43.3 Å². The summed E-state index contributed by atoms with van der Waals surface area (Å²) in [6.07, 6.45) is 4.85. The first-order valence-electron chi connectivity index (χ1n) is 7.91. The predicted octanol–water partition coefficient (Wildman–Crippen LogP) is 4.52. The minimum atomic E-state index is 0.761. The summed E-state index contributed by atoms with van der Waals surface area (Å²) in [6.45, 7) is 1.83. The summed E-state index contributed by atoms with van der Waals surface area (Å²) in [7, 11) is 0. The van der Waals surface area contributed by atoms with Gasteiger partial charge in [0.1, 0.15) is 5.75 Å². The zero-order valence-electron chi connectivity index (χ0n) is 12.4. The summed E-state index contributed by atoms with van der Waals surface area (Å²) >= 11 is 0. The SMILES string of the molecule is c1ccc(CCCOc2ccccc2NCC2CC2)cc1. The predicted molar refractivity (Wildman–Crippen MR) is 87.9 cm³/mol. The third-order valence-corrected chi connectivity index (χ3v) is 3.88. The first-order chi connectivity index (χ1) is 10.4. The monoisotopic (exact) mass is 281 g/mol. The van der Waals surface area contributed by atoms with Crippen molar-refractivity contribution < 1.29 is 4.74 Å². The van der Waals surface area contributed by atoms with Gasteiger partial charge in [0.2, 0.25) is 0 Å². The Morgan fingerprint density at radius 2 is 1.71 bits per heavy atom. The van der Waals surface area contributed by atoms with E-state index in [-0.39, 0.29) is 0 Å². The average Bonchev–Trinajstić information content (AvgIpc) is 3.36. The van der Waals surface area contributed by atoms with Crippen molar-refractivity contribution in [2.75, 3.05) is 18.5 Å². The zero-order chi connectivity index (χ0) is 14.3. The van der Waals surface area contributed by atoms with Crippen LogP contribution in [0.4, 0.5) is 5.69 Å². The molecule has 0 radical (unpaired) electrons. The number of rotatable bonds is 8. The quantitative estimate of drug-likeness (QED) is 0.718. The van der Waals surface area contributed by atoms with Crippen molar-refractivity contribution in [3.63, 3.8) is 0 Å². The molecule has 3 rings (SSSR count). The van der Waals surface area contributed by atoms with Crippen molar-refractivity contribution in [1.29, 1.82) is 0 Å². The average molecular weight is 281 g/mol. The van der Waals surface area contributed by atoms with E-state index in [1.54, 1.807) is 0 Å². The molecule has 2 heteroatoms. The van der Waals surface area contributed by atoms with Crippen molar-refractivity contribution in [2.45, 2.75) is 25.7 Å². The largest absolute Gasteiger partial charge is 0.491 e. The van der Waals surface area contributed by atoms with Gasteiger partial charge >= 0.3 is 0 Å². The maximum absolute atomic E-state index is 5.95. The molecule has 2 aromatic carbocycles. The maximum atomic E-state index is 5.95. The standard InChI is InChI=1S/C19H23NO/c1-2-7-16(8-3-1)9-6-14-21-19-11-5-4-10-18(19)20-15-17-12-13-17/h1-5,7-8,10-11,17,20H,6,9,12-15H2. The summed E-state index contributed by atoms with van der Waals surface area (Å²) in [6, 6.07) is 18.8. The Bertz CT molecular complexity index is 549. The van der Waals surface area contributed by atoms with Crippen LogP contribution in [0.15, 0.2) is 54.6 Å². The van der Waals surface area contributed by atoms with Crippen LogP contribution in [0, 0.1) is 5.92 Å². The molecule has 0 heterocycles. The highest BCUT2D eigenvalue weighted by Crippen LogP contribution is 2.31. The molecule has 2 aromatic rings. The molecule has 110 valence electrons. The van der Waals surface area contributed by atoms with Crippen LogP contribution in [-0.2, 0) is 6.42 Å². The van der Waals surface area contributed by atoms with Crippen LogP contribution in [0.25, 0.3) is 0 Å². The molecule has 0 atom stereocenters. The summed E-state index contributed by atoms with van der Waals surface area (Å²) in [5.74, 6) is 1.85. The molecule has 1 aliphatic rings. The van der Waals surface area contributed by atoms with Crippen molar-refractivity contribution >= 4 is 5.69 Å². The molecular formula is C19H23NO. The normalized spacial score (nSPS) is 13.9. The molecule has 0 amide bonds. The summed E-state index contributed by atoms with van der Waals surface area (Å²) < 4.78 is 5.95. The number of ether oxygens (including phenoxy) is 1. The Kier molecular flexibility index (Phi) is 4.78. The van der Waals surface area contributed by atoms with Crippen molar-refractivity contribution in [1.82, 2.24) is 0 Å². The number of anilines is 1. The van der Waals surface area contributed by atoms with Crippen molar-refractivity contribution in [2.24, 2.45) is 5.92 Å². The Hall–Kier alpha value is -1.96. The fourth-order valence-electron chi connectivity index (χ4n) is 2.42.